The van der Waals surface area contributed by atoms with E-state index in [1.807, 2.05) is 43.3 Å². The molecule has 35 heavy (non-hydrogen) atoms. The zero-order valence-electron chi connectivity index (χ0n) is 19.0. The topological polar surface area (TPSA) is 112 Å². The maximum Gasteiger partial charge on any atom is 0.161 e. The van der Waals surface area contributed by atoms with Gasteiger partial charge in [-0.15, -0.1) is 0 Å². The maximum atomic E-state index is 15.9. The van der Waals surface area contributed by atoms with Gasteiger partial charge in [-0.3, -0.25) is 25.0 Å². The third kappa shape index (κ3) is 3.69. The highest BCUT2D eigenvalue weighted by atomic mass is 19.1. The molecular weight excluding hydrogens is 445 g/mol. The van der Waals surface area contributed by atoms with E-state index in [2.05, 4.69) is 35.1 Å². The summed E-state index contributed by atoms with van der Waals surface area (Å²) < 4.78 is 15.9. The number of hydrogen-bond donors (Lipinski definition) is 2. The predicted octanol–water partition coefficient (Wildman–Crippen LogP) is 4.22. The van der Waals surface area contributed by atoms with Crippen LogP contribution >= 0.6 is 0 Å². The summed E-state index contributed by atoms with van der Waals surface area (Å²) in [6.45, 7) is 0.688. The first kappa shape index (κ1) is 21.0. The number of nitrogens with one attached hydrogen (secondary N) is 2. The molecular formula is C25H20FN9. The molecule has 0 bridgehead atoms. The van der Waals surface area contributed by atoms with Gasteiger partial charge in [0.2, 0.25) is 0 Å². The van der Waals surface area contributed by atoms with Crippen molar-refractivity contribution in [3.63, 3.8) is 0 Å². The van der Waals surface area contributed by atoms with Gasteiger partial charge in [0.15, 0.2) is 11.6 Å². The first-order chi connectivity index (χ1) is 17.1. The third-order valence-electron chi connectivity index (χ3n) is 5.67. The van der Waals surface area contributed by atoms with Crippen molar-refractivity contribution in [2.75, 3.05) is 14.1 Å². The van der Waals surface area contributed by atoms with Crippen LogP contribution in [0.5, 0.6) is 0 Å². The Morgan fingerprint density at radius 1 is 0.886 bits per heavy atom. The molecule has 0 aromatic carbocycles. The van der Waals surface area contributed by atoms with Crippen LogP contribution < -0.4 is 0 Å². The molecule has 6 heterocycles. The Kier molecular flexibility index (Phi) is 5.00. The molecule has 0 aliphatic rings. The summed E-state index contributed by atoms with van der Waals surface area (Å²) in [6, 6.07) is 7.49. The monoisotopic (exact) mass is 465 g/mol. The van der Waals surface area contributed by atoms with Crippen LogP contribution in [0, 0.1) is 5.82 Å². The number of aromatic nitrogens is 8. The quantitative estimate of drug-likeness (QED) is 0.392. The van der Waals surface area contributed by atoms with Crippen molar-refractivity contribution in [2.45, 2.75) is 6.54 Å². The number of fused-ring (bicyclic) bond motifs is 2. The largest absolute Gasteiger partial charge is 0.336 e. The average molecular weight is 465 g/mol. The Hall–Kier alpha value is -4.57. The highest BCUT2D eigenvalue weighted by Crippen LogP contribution is 2.33. The summed E-state index contributed by atoms with van der Waals surface area (Å²) >= 11 is 0. The van der Waals surface area contributed by atoms with E-state index in [9.17, 15) is 0 Å². The Labute approximate surface area is 199 Å². The van der Waals surface area contributed by atoms with E-state index < -0.39 is 5.82 Å². The Morgan fingerprint density at radius 3 is 2.60 bits per heavy atom. The van der Waals surface area contributed by atoms with Gasteiger partial charge in [0.25, 0.3) is 0 Å². The molecule has 0 saturated carbocycles. The van der Waals surface area contributed by atoms with Crippen molar-refractivity contribution in [3.8, 4) is 34.0 Å². The van der Waals surface area contributed by atoms with Gasteiger partial charge in [0.05, 0.1) is 28.3 Å². The first-order valence-corrected chi connectivity index (χ1v) is 11.0. The van der Waals surface area contributed by atoms with Gasteiger partial charge in [-0.05, 0) is 43.9 Å². The Morgan fingerprint density at radius 2 is 1.77 bits per heavy atom. The van der Waals surface area contributed by atoms with Crippen LogP contribution in [0.2, 0.25) is 0 Å². The molecule has 10 heteroatoms. The molecule has 0 unspecified atom stereocenters. The second-order valence-electron chi connectivity index (χ2n) is 8.48. The molecule has 0 aliphatic carbocycles. The third-order valence-corrected chi connectivity index (χ3v) is 5.67. The van der Waals surface area contributed by atoms with Crippen molar-refractivity contribution in [3.05, 3.63) is 72.8 Å². The number of hydrogen-bond acceptors (Lipinski definition) is 7. The highest BCUT2D eigenvalue weighted by molar-refractivity contribution is 5.97. The van der Waals surface area contributed by atoms with Crippen molar-refractivity contribution >= 4 is 21.9 Å². The summed E-state index contributed by atoms with van der Waals surface area (Å²) in [5.41, 5.74) is 5.56. The molecule has 0 saturated heterocycles. The number of nitrogens with zero attached hydrogens (tertiary/aromatic N) is 7. The number of rotatable bonds is 5. The molecule has 172 valence electrons. The van der Waals surface area contributed by atoms with Crippen LogP contribution in [0.3, 0.4) is 0 Å². The molecule has 0 aliphatic heterocycles. The van der Waals surface area contributed by atoms with Gasteiger partial charge in [-0.1, -0.05) is 0 Å². The number of H-pyrrole nitrogens is 2. The minimum atomic E-state index is -0.485. The fourth-order valence-electron chi connectivity index (χ4n) is 4.18. The molecule has 6 aromatic rings. The lowest BCUT2D eigenvalue weighted by Crippen LogP contribution is -2.10. The van der Waals surface area contributed by atoms with E-state index in [0.717, 1.165) is 16.6 Å². The van der Waals surface area contributed by atoms with Gasteiger partial charge < -0.3 is 9.88 Å². The lowest BCUT2D eigenvalue weighted by Gasteiger charge is -2.10. The molecule has 0 fully saturated rings. The molecule has 6 rings (SSSR count). The number of pyridine rings is 4. The highest BCUT2D eigenvalue weighted by Gasteiger charge is 2.21. The summed E-state index contributed by atoms with van der Waals surface area (Å²) in [5.74, 6) is -0.0546. The van der Waals surface area contributed by atoms with E-state index in [1.54, 1.807) is 37.2 Å². The average Bonchev–Trinajstić information content (AvgIpc) is 3.49. The molecule has 9 nitrogen and oxygen atoms in total. The van der Waals surface area contributed by atoms with E-state index in [4.69, 9.17) is 4.98 Å². The van der Waals surface area contributed by atoms with E-state index >= 15 is 4.39 Å². The lowest BCUT2D eigenvalue weighted by atomic mass is 10.1. The molecule has 6 aromatic heterocycles. The van der Waals surface area contributed by atoms with Crippen LogP contribution in [0.1, 0.15) is 5.56 Å². The van der Waals surface area contributed by atoms with E-state index in [1.165, 1.54) is 0 Å². The number of halogens is 1. The zero-order valence-corrected chi connectivity index (χ0v) is 19.0. The fraction of sp³-hybridized carbons (Fsp3) is 0.120. The van der Waals surface area contributed by atoms with Gasteiger partial charge in [0, 0.05) is 48.7 Å². The fourth-order valence-corrected chi connectivity index (χ4v) is 4.18. The summed E-state index contributed by atoms with van der Waals surface area (Å²) in [7, 11) is 3.94. The molecule has 2 N–H and O–H groups in total. The SMILES string of the molecule is CN(C)Cc1cncc(-c2ncc3[nH]nc(-c4nc5c(-c6cccnc6)nccc5[nH]4)c3c2F)c1. The summed E-state index contributed by atoms with van der Waals surface area (Å²) in [6.07, 6.45) is 10.1. The molecule has 0 spiro atoms. The second kappa shape index (κ2) is 8.33. The van der Waals surface area contributed by atoms with Gasteiger partial charge >= 0.3 is 0 Å². The zero-order chi connectivity index (χ0) is 23.9. The molecule has 0 atom stereocenters. The van der Waals surface area contributed by atoms with Crippen molar-refractivity contribution < 1.29 is 4.39 Å². The van der Waals surface area contributed by atoms with Crippen LogP contribution in [0.25, 0.3) is 56.0 Å². The van der Waals surface area contributed by atoms with E-state index in [-0.39, 0.29) is 5.69 Å². The maximum absolute atomic E-state index is 15.9. The van der Waals surface area contributed by atoms with Crippen molar-refractivity contribution in [1.82, 2.24) is 45.0 Å². The summed E-state index contributed by atoms with van der Waals surface area (Å²) in [4.78, 5) is 27.3. The van der Waals surface area contributed by atoms with Crippen molar-refractivity contribution in [1.29, 1.82) is 0 Å². The number of imidazole rings is 1. The Balaban J connectivity index is 1.49. The predicted molar refractivity (Wildman–Crippen MR) is 131 cm³/mol. The minimum Gasteiger partial charge on any atom is -0.336 e. The van der Waals surface area contributed by atoms with Crippen molar-refractivity contribution in [2.24, 2.45) is 0 Å². The second-order valence-corrected chi connectivity index (χ2v) is 8.48. The van der Waals surface area contributed by atoms with Gasteiger partial charge in [-0.25, -0.2) is 9.37 Å². The van der Waals surface area contributed by atoms with Gasteiger partial charge in [0.1, 0.15) is 16.9 Å². The standard InChI is InChI=1S/C25H20FN9/c1-35(2)13-14-8-16(11-28-9-14)21-20(26)19-18(12-30-21)33-34-24(19)25-31-17-5-7-29-22(23(17)32-25)15-4-3-6-27-10-15/h3-12H,13H2,1-2H3,(H,31,32)(H,33,34). The lowest BCUT2D eigenvalue weighted by molar-refractivity contribution is 0.402. The minimum absolute atomic E-state index is 0.210. The van der Waals surface area contributed by atoms with Gasteiger partial charge in [-0.2, -0.15) is 5.10 Å². The van der Waals surface area contributed by atoms with Crippen LogP contribution in [0.15, 0.2) is 61.4 Å². The normalized spacial score (nSPS) is 11.7. The van der Waals surface area contributed by atoms with Crippen LogP contribution in [-0.4, -0.2) is 59.1 Å². The van der Waals surface area contributed by atoms with E-state index in [0.29, 0.717) is 45.7 Å². The number of aromatic amines is 2. The first-order valence-electron chi connectivity index (χ1n) is 11.0. The van der Waals surface area contributed by atoms with Crippen LogP contribution in [-0.2, 0) is 6.54 Å². The summed E-state index contributed by atoms with van der Waals surface area (Å²) in [5, 5.41) is 7.54. The smallest absolute Gasteiger partial charge is 0.161 e. The van der Waals surface area contributed by atoms with Crippen LogP contribution in [0.4, 0.5) is 4.39 Å². The molecule has 0 radical (unpaired) electrons. The molecule has 0 amide bonds. The Bertz CT molecular complexity index is 1670.